The molecule has 19 heavy (non-hydrogen) atoms. The molecule has 0 unspecified atom stereocenters. The van der Waals surface area contributed by atoms with Gasteiger partial charge in [-0.2, -0.15) is 17.5 Å². The van der Waals surface area contributed by atoms with Crippen LogP contribution in [0.15, 0.2) is 16.3 Å². The number of sulfonamides is 1. The Bertz CT molecular complexity index is 510. The van der Waals surface area contributed by atoms with Crippen LogP contribution >= 0.6 is 11.3 Å². The van der Waals surface area contributed by atoms with Gasteiger partial charge in [0.2, 0.25) is 10.0 Å². The molecular weight excluding hydrogens is 303 g/mol. The smallest absolute Gasteiger partial charge is 0.391 e. The molecule has 0 aromatic carbocycles. The van der Waals surface area contributed by atoms with Crippen molar-refractivity contribution in [1.29, 1.82) is 0 Å². The molecule has 1 rings (SSSR count). The second kappa shape index (κ2) is 6.21. The van der Waals surface area contributed by atoms with Crippen molar-refractivity contribution in [3.63, 3.8) is 0 Å². The fourth-order valence-electron chi connectivity index (χ4n) is 1.46. The van der Waals surface area contributed by atoms with Crippen molar-refractivity contribution in [3.05, 3.63) is 16.3 Å². The largest absolute Gasteiger partial charge is 0.402 e. The van der Waals surface area contributed by atoms with Crippen molar-refractivity contribution < 1.29 is 26.7 Å². The lowest BCUT2D eigenvalue weighted by Crippen LogP contribution is -2.39. The summed E-state index contributed by atoms with van der Waals surface area (Å²) in [4.78, 5) is 0.182. The van der Waals surface area contributed by atoms with Crippen molar-refractivity contribution in [2.24, 2.45) is 0 Å². The molecular formula is C10H14F3NO3S2. The van der Waals surface area contributed by atoms with E-state index in [-0.39, 0.29) is 24.5 Å². The maximum atomic E-state index is 12.4. The number of alkyl halides is 3. The summed E-state index contributed by atoms with van der Waals surface area (Å²) < 4.78 is 61.8. The van der Waals surface area contributed by atoms with Crippen LogP contribution in [0.25, 0.3) is 0 Å². The lowest BCUT2D eigenvalue weighted by molar-refractivity contribution is -0.136. The quantitative estimate of drug-likeness (QED) is 0.875. The van der Waals surface area contributed by atoms with E-state index in [2.05, 4.69) is 0 Å². The summed E-state index contributed by atoms with van der Waals surface area (Å²) in [6, 6.07) is 1.19. The van der Waals surface area contributed by atoms with E-state index in [0.29, 0.717) is 9.18 Å². The minimum Gasteiger partial charge on any atom is -0.391 e. The van der Waals surface area contributed by atoms with Crippen molar-refractivity contribution in [2.75, 3.05) is 13.1 Å². The minimum atomic E-state index is -4.59. The summed E-state index contributed by atoms with van der Waals surface area (Å²) in [6.07, 6.45) is -4.30. The van der Waals surface area contributed by atoms with E-state index < -0.39 is 22.7 Å². The standard InChI is InChI=1S/C10H14F3NO3S2/c1-2-3-14(7-10(11,12)13)19(16,17)9-4-8(5-15)18-6-9/h4,6,15H,2-3,5,7H2,1H3. The lowest BCUT2D eigenvalue weighted by Gasteiger charge is -2.22. The molecule has 0 amide bonds. The number of halogens is 3. The first-order valence-electron chi connectivity index (χ1n) is 5.46. The van der Waals surface area contributed by atoms with Crippen molar-refractivity contribution >= 4 is 21.4 Å². The number of aliphatic hydroxyl groups excluding tert-OH is 1. The number of nitrogens with zero attached hydrogens (tertiary/aromatic N) is 1. The van der Waals surface area contributed by atoms with Gasteiger partial charge in [-0.15, -0.1) is 11.3 Å². The number of thiophene rings is 1. The van der Waals surface area contributed by atoms with E-state index in [9.17, 15) is 21.6 Å². The van der Waals surface area contributed by atoms with E-state index in [1.54, 1.807) is 6.92 Å². The Morgan fingerprint density at radius 1 is 1.42 bits per heavy atom. The van der Waals surface area contributed by atoms with Crippen LogP contribution in [0, 0.1) is 0 Å². The van der Waals surface area contributed by atoms with Gasteiger partial charge in [-0.1, -0.05) is 6.92 Å². The molecule has 0 radical (unpaired) electrons. The first-order valence-corrected chi connectivity index (χ1v) is 7.78. The molecule has 0 bridgehead atoms. The van der Waals surface area contributed by atoms with Gasteiger partial charge in [-0.05, 0) is 12.5 Å². The third kappa shape index (κ3) is 4.44. The van der Waals surface area contributed by atoms with Crippen molar-refractivity contribution in [1.82, 2.24) is 4.31 Å². The number of rotatable bonds is 6. The second-order valence-corrected chi connectivity index (χ2v) is 6.79. The SMILES string of the molecule is CCCN(CC(F)(F)F)S(=O)(=O)c1csc(CO)c1. The normalized spacial score (nSPS) is 13.2. The molecule has 0 saturated carbocycles. The summed E-state index contributed by atoms with van der Waals surface area (Å²) in [7, 11) is -4.17. The molecule has 0 aliphatic rings. The van der Waals surface area contributed by atoms with E-state index in [4.69, 9.17) is 5.11 Å². The van der Waals surface area contributed by atoms with Gasteiger partial charge in [0.25, 0.3) is 0 Å². The van der Waals surface area contributed by atoms with Crippen LogP contribution in [0.1, 0.15) is 18.2 Å². The Kier molecular flexibility index (Phi) is 5.36. The summed E-state index contributed by atoms with van der Waals surface area (Å²) in [6.45, 7) is -0.446. The van der Waals surface area contributed by atoms with E-state index >= 15 is 0 Å². The van der Waals surface area contributed by atoms with Gasteiger partial charge in [-0.25, -0.2) is 8.42 Å². The second-order valence-electron chi connectivity index (χ2n) is 3.86. The van der Waals surface area contributed by atoms with Gasteiger partial charge in [0.1, 0.15) is 6.54 Å². The van der Waals surface area contributed by atoms with Crippen LogP contribution in [-0.2, 0) is 16.6 Å². The van der Waals surface area contributed by atoms with Crippen LogP contribution in [0.4, 0.5) is 13.2 Å². The topological polar surface area (TPSA) is 57.6 Å². The molecule has 0 fully saturated rings. The Labute approximate surface area is 113 Å². The molecule has 1 aromatic rings. The van der Waals surface area contributed by atoms with Crippen molar-refractivity contribution in [2.45, 2.75) is 31.0 Å². The van der Waals surface area contributed by atoms with Crippen LogP contribution in [-0.4, -0.2) is 37.1 Å². The Balaban J connectivity index is 3.05. The Hall–Kier alpha value is -0.640. The summed E-state index contributed by atoms with van der Waals surface area (Å²) >= 11 is 0.993. The molecule has 1 N–H and O–H groups in total. The predicted octanol–water partition coefficient (Wildman–Crippen LogP) is 2.20. The van der Waals surface area contributed by atoms with E-state index in [1.807, 2.05) is 0 Å². The summed E-state index contributed by atoms with van der Waals surface area (Å²) in [5, 5.41) is 10.1. The third-order valence-electron chi connectivity index (χ3n) is 2.25. The number of hydrogen-bond acceptors (Lipinski definition) is 4. The van der Waals surface area contributed by atoms with Crippen molar-refractivity contribution in [3.8, 4) is 0 Å². The fourth-order valence-corrected chi connectivity index (χ4v) is 4.10. The maximum absolute atomic E-state index is 12.4. The molecule has 1 heterocycles. The number of hydrogen-bond donors (Lipinski definition) is 1. The highest BCUT2D eigenvalue weighted by molar-refractivity contribution is 7.89. The predicted molar refractivity (Wildman–Crippen MR) is 65.3 cm³/mol. The minimum absolute atomic E-state index is 0.202. The van der Waals surface area contributed by atoms with Crippen LogP contribution in [0.5, 0.6) is 0 Å². The zero-order valence-corrected chi connectivity index (χ0v) is 11.8. The van der Waals surface area contributed by atoms with E-state index in [0.717, 1.165) is 11.3 Å². The first-order chi connectivity index (χ1) is 8.70. The van der Waals surface area contributed by atoms with Crippen LogP contribution < -0.4 is 0 Å². The average Bonchev–Trinajstić information content (AvgIpc) is 2.75. The molecule has 9 heteroatoms. The molecule has 4 nitrogen and oxygen atoms in total. The molecule has 1 aromatic heterocycles. The van der Waals surface area contributed by atoms with Gasteiger partial charge in [0, 0.05) is 16.8 Å². The summed E-state index contributed by atoms with van der Waals surface area (Å²) in [5.41, 5.74) is 0. The van der Waals surface area contributed by atoms with Crippen LogP contribution in [0.3, 0.4) is 0 Å². The Morgan fingerprint density at radius 2 is 2.05 bits per heavy atom. The van der Waals surface area contributed by atoms with Crippen LogP contribution in [0.2, 0.25) is 0 Å². The number of aliphatic hydroxyl groups is 1. The molecule has 0 atom stereocenters. The lowest BCUT2D eigenvalue weighted by atomic mass is 10.5. The highest BCUT2D eigenvalue weighted by Crippen LogP contribution is 2.26. The van der Waals surface area contributed by atoms with E-state index in [1.165, 1.54) is 11.4 Å². The van der Waals surface area contributed by atoms with Gasteiger partial charge >= 0.3 is 6.18 Å². The zero-order chi connectivity index (χ0) is 14.7. The van der Waals surface area contributed by atoms with Gasteiger partial charge in [-0.3, -0.25) is 0 Å². The highest BCUT2D eigenvalue weighted by atomic mass is 32.2. The maximum Gasteiger partial charge on any atom is 0.402 e. The fraction of sp³-hybridized carbons (Fsp3) is 0.600. The molecule has 0 aliphatic carbocycles. The molecule has 0 saturated heterocycles. The molecule has 0 spiro atoms. The highest BCUT2D eigenvalue weighted by Gasteiger charge is 2.36. The molecule has 0 aliphatic heterocycles. The zero-order valence-electron chi connectivity index (χ0n) is 10.1. The summed E-state index contributed by atoms with van der Waals surface area (Å²) in [5.74, 6) is 0. The van der Waals surface area contributed by atoms with Gasteiger partial charge in [0.05, 0.1) is 11.5 Å². The average molecular weight is 317 g/mol. The first kappa shape index (κ1) is 16.4. The molecule has 110 valence electrons. The third-order valence-corrected chi connectivity index (χ3v) is 5.15. The Morgan fingerprint density at radius 3 is 2.47 bits per heavy atom. The van der Waals surface area contributed by atoms with Gasteiger partial charge in [0.15, 0.2) is 0 Å². The van der Waals surface area contributed by atoms with Gasteiger partial charge < -0.3 is 5.11 Å². The monoisotopic (exact) mass is 317 g/mol.